The number of aliphatic hydroxyl groups excluding tert-OH is 1. The Morgan fingerprint density at radius 1 is 1.32 bits per heavy atom. The van der Waals surface area contributed by atoms with Gasteiger partial charge in [0.05, 0.1) is 37.2 Å². The number of amides is 2. The van der Waals surface area contributed by atoms with Crippen molar-refractivity contribution >= 4 is 33.7 Å². The summed E-state index contributed by atoms with van der Waals surface area (Å²) in [6.45, 7) is 15.7. The summed E-state index contributed by atoms with van der Waals surface area (Å²) in [6.07, 6.45) is 6.38. The number of aliphatic hydroxyl groups is 1. The molecule has 3 heterocycles. The lowest BCUT2D eigenvalue weighted by atomic mass is 9.70. The number of nitrogens with zero attached hydrogens (tertiary/aromatic N) is 2. The van der Waals surface area contributed by atoms with Crippen LogP contribution in [-0.4, -0.2) is 87.1 Å². The molecule has 8 atom stereocenters. The van der Waals surface area contributed by atoms with E-state index >= 15 is 0 Å². The van der Waals surface area contributed by atoms with Crippen molar-refractivity contribution < 1.29 is 29.0 Å². The van der Waals surface area contributed by atoms with Crippen molar-refractivity contribution in [3.05, 3.63) is 25.3 Å². The monoisotopic (exact) mass is 582 g/mol. The third kappa shape index (κ3) is 5.28. The van der Waals surface area contributed by atoms with Crippen LogP contribution in [0.15, 0.2) is 25.3 Å². The van der Waals surface area contributed by atoms with Crippen LogP contribution in [0.1, 0.15) is 59.8 Å². The molecule has 208 valence electrons. The Morgan fingerprint density at radius 2 is 2.03 bits per heavy atom. The minimum atomic E-state index is -1.18. The molecule has 3 fully saturated rings. The first-order chi connectivity index (χ1) is 17.6. The van der Waals surface area contributed by atoms with Gasteiger partial charge in [0.2, 0.25) is 11.8 Å². The number of unbranched alkanes of at least 4 members (excludes halogenated alkanes) is 1. The molecule has 2 bridgehead atoms. The van der Waals surface area contributed by atoms with Gasteiger partial charge in [-0.15, -0.1) is 13.2 Å². The van der Waals surface area contributed by atoms with Gasteiger partial charge in [0.25, 0.3) is 0 Å². The molecule has 0 aromatic heterocycles. The Labute approximate surface area is 229 Å². The molecule has 1 N–H and O–H groups in total. The zero-order chi connectivity index (χ0) is 27.5. The summed E-state index contributed by atoms with van der Waals surface area (Å²) >= 11 is 3.68. The van der Waals surface area contributed by atoms with Crippen molar-refractivity contribution in [3.8, 4) is 0 Å². The van der Waals surface area contributed by atoms with Gasteiger partial charge in [0.15, 0.2) is 0 Å². The molecule has 3 saturated heterocycles. The predicted molar refractivity (Wildman–Crippen MR) is 145 cm³/mol. The lowest BCUT2D eigenvalue weighted by molar-refractivity contribution is -0.157. The van der Waals surface area contributed by atoms with Gasteiger partial charge >= 0.3 is 5.97 Å². The summed E-state index contributed by atoms with van der Waals surface area (Å²) in [5.41, 5.74) is -1.18. The van der Waals surface area contributed by atoms with Crippen molar-refractivity contribution in [3.63, 3.8) is 0 Å². The lowest BCUT2D eigenvalue weighted by Gasteiger charge is -2.41. The molecular formula is C28H43BrN2O6. The first-order valence-corrected chi connectivity index (χ1v) is 14.5. The molecular weight excluding hydrogens is 540 g/mol. The van der Waals surface area contributed by atoms with Gasteiger partial charge in [-0.25, -0.2) is 0 Å². The average Bonchev–Trinajstić information content (AvgIpc) is 3.44. The second-order valence-corrected chi connectivity index (χ2v) is 12.1. The van der Waals surface area contributed by atoms with Gasteiger partial charge in [-0.2, -0.15) is 0 Å². The van der Waals surface area contributed by atoms with E-state index in [1.165, 1.54) is 4.90 Å². The molecule has 8 nitrogen and oxygen atoms in total. The van der Waals surface area contributed by atoms with E-state index in [0.29, 0.717) is 19.4 Å². The Morgan fingerprint density at radius 3 is 2.59 bits per heavy atom. The Bertz CT molecular complexity index is 881. The topological polar surface area (TPSA) is 96.4 Å². The summed E-state index contributed by atoms with van der Waals surface area (Å²) in [5.74, 6) is -2.78. The maximum absolute atomic E-state index is 14.4. The third-order valence-electron chi connectivity index (χ3n) is 8.19. The molecule has 1 spiro atoms. The highest BCUT2D eigenvalue weighted by Crippen LogP contribution is 2.61. The van der Waals surface area contributed by atoms with Gasteiger partial charge in [-0.05, 0) is 38.5 Å². The van der Waals surface area contributed by atoms with Crippen molar-refractivity contribution in [2.24, 2.45) is 17.8 Å². The number of carbonyl (C=O) groups is 3. The summed E-state index contributed by atoms with van der Waals surface area (Å²) in [5, 5.41) is 10.3. The molecule has 3 aliphatic rings. The second-order valence-electron chi connectivity index (χ2n) is 10.9. The zero-order valence-corrected chi connectivity index (χ0v) is 24.2. The predicted octanol–water partition coefficient (Wildman–Crippen LogP) is 3.46. The fourth-order valence-electron chi connectivity index (χ4n) is 6.45. The van der Waals surface area contributed by atoms with Gasteiger partial charge in [-0.1, -0.05) is 55.3 Å². The van der Waals surface area contributed by atoms with Crippen LogP contribution in [0.4, 0.5) is 0 Å². The molecule has 9 heteroatoms. The number of esters is 1. The first kappa shape index (κ1) is 29.8. The zero-order valence-electron chi connectivity index (χ0n) is 22.6. The minimum absolute atomic E-state index is 0.0708. The van der Waals surface area contributed by atoms with Crippen LogP contribution in [-0.2, 0) is 23.9 Å². The molecule has 37 heavy (non-hydrogen) atoms. The van der Waals surface area contributed by atoms with E-state index < -0.39 is 41.6 Å². The number of likely N-dealkylation sites (tertiary alicyclic amines) is 1. The molecule has 0 aromatic rings. The smallest absolute Gasteiger partial charge is 0.312 e. The van der Waals surface area contributed by atoms with Crippen molar-refractivity contribution in [2.45, 2.75) is 94.5 Å². The summed E-state index contributed by atoms with van der Waals surface area (Å²) in [4.78, 5) is 45.0. The fourth-order valence-corrected chi connectivity index (χ4v) is 7.39. The number of allylic oxidation sites excluding steroid dienone is 1. The standard InChI is InChI=1S/C28H43BrN2O6/c1-7-10-11-14-36-27(35)21-22-25(33)31(20(16-32)17(4)5)24(28(22)15-19(29)23(21)37-28)26(34)30(13-9-3)18(6)12-8-2/h7,9,17-24,32H,1,3,8,10-16H2,2,4-6H3/t18?,19?,20-,21+,22-,23+,24?,28?/m0/s1. The Hall–Kier alpha value is -1.71. The number of carbonyl (C=O) groups excluding carboxylic acids is 3. The average molecular weight is 584 g/mol. The largest absolute Gasteiger partial charge is 0.465 e. The van der Waals surface area contributed by atoms with Crippen molar-refractivity contribution in [1.82, 2.24) is 9.80 Å². The number of hydrogen-bond acceptors (Lipinski definition) is 6. The van der Waals surface area contributed by atoms with Gasteiger partial charge in [0.1, 0.15) is 11.6 Å². The van der Waals surface area contributed by atoms with E-state index in [4.69, 9.17) is 9.47 Å². The van der Waals surface area contributed by atoms with Crippen LogP contribution in [0, 0.1) is 17.8 Å². The van der Waals surface area contributed by atoms with Crippen molar-refractivity contribution in [2.75, 3.05) is 19.8 Å². The highest BCUT2D eigenvalue weighted by atomic mass is 79.9. The molecule has 0 aliphatic carbocycles. The molecule has 2 amide bonds. The summed E-state index contributed by atoms with van der Waals surface area (Å²) < 4.78 is 12.1. The number of halogens is 1. The van der Waals surface area contributed by atoms with Crippen LogP contribution in [0.5, 0.6) is 0 Å². The second kappa shape index (κ2) is 12.4. The molecule has 0 aromatic carbocycles. The van der Waals surface area contributed by atoms with Gasteiger partial charge in [-0.3, -0.25) is 14.4 Å². The van der Waals surface area contributed by atoms with Crippen LogP contribution >= 0.6 is 15.9 Å². The quantitative estimate of drug-likeness (QED) is 0.146. The normalized spacial score (nSPS) is 31.8. The van der Waals surface area contributed by atoms with E-state index in [1.54, 1.807) is 17.1 Å². The fraction of sp³-hybridized carbons (Fsp3) is 0.750. The van der Waals surface area contributed by atoms with Crippen LogP contribution in [0.3, 0.4) is 0 Å². The van der Waals surface area contributed by atoms with Crippen LogP contribution in [0.25, 0.3) is 0 Å². The Balaban J connectivity index is 2.06. The summed E-state index contributed by atoms with van der Waals surface area (Å²) in [7, 11) is 0. The number of ether oxygens (including phenoxy) is 2. The maximum atomic E-state index is 14.4. The Kier molecular flexibility index (Phi) is 10.0. The minimum Gasteiger partial charge on any atom is -0.465 e. The molecule has 0 saturated carbocycles. The molecule has 4 unspecified atom stereocenters. The molecule has 3 aliphatic heterocycles. The van der Waals surface area contributed by atoms with Gasteiger partial charge in [0, 0.05) is 17.4 Å². The number of alkyl halides is 1. The SMILES string of the molecule is C=CCCCOC(=O)[C@H]1[C@@H]2OC3(CC2Br)C(C(=O)N(CC=C)C(C)CCC)N([C@@H](CO)C(C)C)C(=O)[C@H]13. The van der Waals surface area contributed by atoms with Crippen molar-refractivity contribution in [1.29, 1.82) is 0 Å². The van der Waals surface area contributed by atoms with Gasteiger partial charge < -0.3 is 24.4 Å². The highest BCUT2D eigenvalue weighted by Gasteiger charge is 2.77. The van der Waals surface area contributed by atoms with E-state index in [2.05, 4.69) is 36.0 Å². The highest BCUT2D eigenvalue weighted by molar-refractivity contribution is 9.09. The molecule has 3 rings (SSSR count). The van der Waals surface area contributed by atoms with Crippen LogP contribution in [0.2, 0.25) is 0 Å². The van der Waals surface area contributed by atoms with E-state index in [-0.39, 0.29) is 41.8 Å². The number of fused-ring (bicyclic) bond motifs is 1. The number of hydrogen-bond donors (Lipinski definition) is 1. The molecule has 0 radical (unpaired) electrons. The van der Waals surface area contributed by atoms with Crippen LogP contribution < -0.4 is 0 Å². The summed E-state index contributed by atoms with van der Waals surface area (Å²) in [6, 6.07) is -1.61. The first-order valence-electron chi connectivity index (χ1n) is 13.5. The third-order valence-corrected chi connectivity index (χ3v) is 9.04. The van der Waals surface area contributed by atoms with E-state index in [1.807, 2.05) is 20.8 Å². The van der Waals surface area contributed by atoms with E-state index in [0.717, 1.165) is 19.3 Å². The lowest BCUT2D eigenvalue weighted by Crippen LogP contribution is -2.61. The van der Waals surface area contributed by atoms with E-state index in [9.17, 15) is 19.5 Å². The maximum Gasteiger partial charge on any atom is 0.312 e. The number of rotatable bonds is 14.